The van der Waals surface area contributed by atoms with Gasteiger partial charge in [0.15, 0.2) is 5.78 Å². The molecule has 0 heterocycles. The van der Waals surface area contributed by atoms with Gasteiger partial charge in [0.05, 0.1) is 0 Å². The molecule has 0 bridgehead atoms. The maximum atomic E-state index is 12.0. The van der Waals surface area contributed by atoms with E-state index in [0.717, 1.165) is 21.6 Å². The lowest BCUT2D eigenvalue weighted by Gasteiger charge is -2.20. The molecule has 0 saturated heterocycles. The molecule has 3 heteroatoms. The fourth-order valence-corrected chi connectivity index (χ4v) is 7.76. The Kier molecular flexibility index (Phi) is 13.3. The molecule has 6 rings (SSSR count). The van der Waals surface area contributed by atoms with Crippen molar-refractivity contribution in [3.05, 3.63) is 131 Å². The molecule has 0 unspecified atom stereocenters. The van der Waals surface area contributed by atoms with Crippen molar-refractivity contribution >= 4 is 29.3 Å². The fraction of sp³-hybridized carbons (Fsp3) is 0.359. The number of ketones is 1. The van der Waals surface area contributed by atoms with Gasteiger partial charge in [0.2, 0.25) is 0 Å². The van der Waals surface area contributed by atoms with Crippen molar-refractivity contribution < 1.29 is 4.79 Å². The number of rotatable bonds is 6. The Morgan fingerprint density at radius 3 is 1.26 bits per heavy atom. The summed E-state index contributed by atoms with van der Waals surface area (Å²) in [6, 6.07) is 34.8. The van der Waals surface area contributed by atoms with E-state index in [1.807, 2.05) is 61.5 Å². The van der Waals surface area contributed by atoms with Crippen molar-refractivity contribution in [3.8, 4) is 0 Å². The van der Waals surface area contributed by atoms with E-state index in [1.165, 1.54) is 84.3 Å². The van der Waals surface area contributed by atoms with Gasteiger partial charge in [0, 0.05) is 31.4 Å². The molecule has 220 valence electrons. The van der Waals surface area contributed by atoms with Gasteiger partial charge >= 0.3 is 0 Å². The summed E-state index contributed by atoms with van der Waals surface area (Å²) >= 11 is 4.13. The highest BCUT2D eigenvalue weighted by atomic mass is 32.2. The fourth-order valence-electron chi connectivity index (χ4n) is 5.27. The highest BCUT2D eigenvalue weighted by molar-refractivity contribution is 8.00. The summed E-state index contributed by atoms with van der Waals surface area (Å²) in [5.41, 5.74) is 5.36. The normalized spacial score (nSPS) is 15.2. The zero-order chi connectivity index (χ0) is 29.6. The lowest BCUT2D eigenvalue weighted by atomic mass is 10.0. The van der Waals surface area contributed by atoms with Crippen molar-refractivity contribution in [2.75, 3.05) is 0 Å². The number of carbonyl (C=O) groups excluding carboxylic acids is 1. The standard InChI is InChI=1S/C14H12O.C13H18S.C12H16S/c1-11-7-9-13(10-8-11)14(15)12-5-3-2-4-6-12;1-11-7-9-13(10-8-11)14-12-5-3-2-4-6-12;1-10-6-8-12(9-7-10)13-11-4-2-3-5-11/h2-10H,1H3;7-10,12H,2-6H2,1H3;6-9,11H,2-5H2,1H3. The summed E-state index contributed by atoms with van der Waals surface area (Å²) in [6.45, 7) is 6.30. The van der Waals surface area contributed by atoms with Gasteiger partial charge < -0.3 is 0 Å². The zero-order valence-corrected chi connectivity index (χ0v) is 27.2. The van der Waals surface area contributed by atoms with Gasteiger partial charge in [-0.25, -0.2) is 0 Å². The third-order valence-corrected chi connectivity index (χ3v) is 10.5. The van der Waals surface area contributed by atoms with Gasteiger partial charge in [-0.15, -0.1) is 23.5 Å². The van der Waals surface area contributed by atoms with E-state index < -0.39 is 0 Å². The molecule has 0 atom stereocenters. The van der Waals surface area contributed by atoms with E-state index in [0.29, 0.717) is 0 Å². The Labute approximate surface area is 262 Å². The summed E-state index contributed by atoms with van der Waals surface area (Å²) in [7, 11) is 0. The van der Waals surface area contributed by atoms with Crippen LogP contribution in [-0.2, 0) is 0 Å². The minimum absolute atomic E-state index is 0.0793. The van der Waals surface area contributed by atoms with Crippen LogP contribution in [0.2, 0.25) is 0 Å². The second-order valence-corrected chi connectivity index (χ2v) is 14.3. The quantitative estimate of drug-likeness (QED) is 0.207. The van der Waals surface area contributed by atoms with E-state index in [1.54, 1.807) is 0 Å². The van der Waals surface area contributed by atoms with E-state index in [-0.39, 0.29) is 5.78 Å². The molecule has 4 aromatic carbocycles. The number of hydrogen-bond donors (Lipinski definition) is 0. The predicted octanol–water partition coefficient (Wildman–Crippen LogP) is 11.7. The van der Waals surface area contributed by atoms with Crippen LogP contribution >= 0.6 is 23.5 Å². The maximum Gasteiger partial charge on any atom is 0.193 e. The summed E-state index contributed by atoms with van der Waals surface area (Å²) in [5, 5.41) is 1.77. The first-order valence-corrected chi connectivity index (χ1v) is 17.4. The smallest absolute Gasteiger partial charge is 0.193 e. The Morgan fingerprint density at radius 2 is 0.833 bits per heavy atom. The van der Waals surface area contributed by atoms with Crippen molar-refractivity contribution in [3.63, 3.8) is 0 Å². The molecule has 0 amide bonds. The van der Waals surface area contributed by atoms with Crippen LogP contribution in [0.3, 0.4) is 0 Å². The molecule has 2 saturated carbocycles. The van der Waals surface area contributed by atoms with Crippen molar-refractivity contribution in [2.45, 2.75) is 98.8 Å². The van der Waals surface area contributed by atoms with Crippen LogP contribution in [-0.4, -0.2) is 16.3 Å². The summed E-state index contributed by atoms with van der Waals surface area (Å²) in [5.74, 6) is 0.0793. The third-order valence-electron chi connectivity index (χ3n) is 7.85. The van der Waals surface area contributed by atoms with Crippen molar-refractivity contribution in [1.82, 2.24) is 0 Å². The van der Waals surface area contributed by atoms with Gasteiger partial charge in [-0.2, -0.15) is 0 Å². The predicted molar refractivity (Wildman–Crippen MR) is 184 cm³/mol. The summed E-state index contributed by atoms with van der Waals surface area (Å²) < 4.78 is 0. The van der Waals surface area contributed by atoms with Crippen LogP contribution in [0.25, 0.3) is 0 Å². The van der Waals surface area contributed by atoms with E-state index in [4.69, 9.17) is 0 Å². The maximum absolute atomic E-state index is 12.0. The van der Waals surface area contributed by atoms with Gasteiger partial charge in [0.25, 0.3) is 0 Å². The minimum atomic E-state index is 0.0793. The Hall–Kier alpha value is -2.75. The Balaban J connectivity index is 0.000000145. The molecular formula is C39H46OS2. The number of carbonyl (C=O) groups is 1. The average Bonchev–Trinajstić information content (AvgIpc) is 3.54. The van der Waals surface area contributed by atoms with Crippen molar-refractivity contribution in [1.29, 1.82) is 0 Å². The molecule has 0 spiro atoms. The molecule has 1 nitrogen and oxygen atoms in total. The van der Waals surface area contributed by atoms with Gasteiger partial charge in [0.1, 0.15) is 0 Å². The van der Waals surface area contributed by atoms with Crippen LogP contribution in [0.4, 0.5) is 0 Å². The molecule has 4 aromatic rings. The molecule has 42 heavy (non-hydrogen) atoms. The van der Waals surface area contributed by atoms with Crippen LogP contribution in [0.5, 0.6) is 0 Å². The monoisotopic (exact) mass is 594 g/mol. The molecular weight excluding hydrogens is 549 g/mol. The zero-order valence-electron chi connectivity index (χ0n) is 25.6. The first-order valence-electron chi connectivity index (χ1n) is 15.6. The molecule has 2 aliphatic rings. The minimum Gasteiger partial charge on any atom is -0.289 e. The number of aryl methyl sites for hydroxylation is 3. The molecule has 0 aromatic heterocycles. The Morgan fingerprint density at radius 1 is 0.476 bits per heavy atom. The SMILES string of the molecule is Cc1ccc(C(=O)c2ccccc2)cc1.Cc1ccc(SC2CCCC2)cc1.Cc1ccc(SC2CCCCC2)cc1. The Bertz CT molecular complexity index is 1320. The number of thioether (sulfide) groups is 2. The largest absolute Gasteiger partial charge is 0.289 e. The summed E-state index contributed by atoms with van der Waals surface area (Å²) in [6.07, 6.45) is 12.8. The number of hydrogen-bond acceptors (Lipinski definition) is 3. The van der Waals surface area contributed by atoms with E-state index >= 15 is 0 Å². The van der Waals surface area contributed by atoms with Crippen molar-refractivity contribution in [2.24, 2.45) is 0 Å². The second-order valence-electron chi connectivity index (χ2n) is 11.6. The van der Waals surface area contributed by atoms with Crippen LogP contribution in [0.15, 0.2) is 113 Å². The lowest BCUT2D eigenvalue weighted by Crippen LogP contribution is -2.07. The van der Waals surface area contributed by atoms with E-state index in [2.05, 4.69) is 85.9 Å². The molecule has 2 aliphatic carbocycles. The first kappa shape index (κ1) is 32.2. The highest BCUT2D eigenvalue weighted by Gasteiger charge is 2.16. The summed E-state index contributed by atoms with van der Waals surface area (Å²) in [4.78, 5) is 14.8. The van der Waals surface area contributed by atoms with Crippen LogP contribution < -0.4 is 0 Å². The van der Waals surface area contributed by atoms with Gasteiger partial charge in [-0.05, 0) is 70.7 Å². The van der Waals surface area contributed by atoms with Crippen LogP contribution in [0, 0.1) is 20.8 Å². The topological polar surface area (TPSA) is 17.1 Å². The van der Waals surface area contributed by atoms with Crippen LogP contribution in [0.1, 0.15) is 90.4 Å². The van der Waals surface area contributed by atoms with E-state index in [9.17, 15) is 4.79 Å². The molecule has 0 aliphatic heterocycles. The average molecular weight is 595 g/mol. The molecule has 0 radical (unpaired) electrons. The molecule has 2 fully saturated rings. The van der Waals surface area contributed by atoms with Gasteiger partial charge in [-0.1, -0.05) is 128 Å². The third kappa shape index (κ3) is 11.2. The number of benzene rings is 4. The van der Waals surface area contributed by atoms with Gasteiger partial charge in [-0.3, -0.25) is 4.79 Å². The lowest BCUT2D eigenvalue weighted by molar-refractivity contribution is 0.103. The molecule has 0 N–H and O–H groups in total. The highest BCUT2D eigenvalue weighted by Crippen LogP contribution is 2.35. The first-order chi connectivity index (χ1) is 20.5. The second kappa shape index (κ2) is 17.4.